The van der Waals surface area contributed by atoms with Crippen molar-refractivity contribution >= 4 is 0 Å². The Labute approximate surface area is 142 Å². The highest BCUT2D eigenvalue weighted by molar-refractivity contribution is 5.30. The summed E-state index contributed by atoms with van der Waals surface area (Å²) in [5.41, 5.74) is 1.47. The van der Waals surface area contributed by atoms with E-state index in [0.29, 0.717) is 24.0 Å². The monoisotopic (exact) mass is 315 g/mol. The zero-order valence-corrected chi connectivity index (χ0v) is 15.1. The second kappa shape index (κ2) is 6.37. The molecule has 2 heteroatoms. The minimum Gasteiger partial charge on any atom is -0.370 e. The van der Waals surface area contributed by atoms with Crippen molar-refractivity contribution in [1.29, 1.82) is 0 Å². The number of piperidine rings is 1. The van der Waals surface area contributed by atoms with Crippen LogP contribution in [0.2, 0.25) is 0 Å². The highest BCUT2D eigenvalue weighted by Gasteiger charge is 2.50. The molecular formula is C21H33NO. The van der Waals surface area contributed by atoms with Gasteiger partial charge in [-0.25, -0.2) is 0 Å². The summed E-state index contributed by atoms with van der Waals surface area (Å²) in [6.07, 6.45) is 16.5. The van der Waals surface area contributed by atoms with Crippen LogP contribution in [0.1, 0.15) is 52.4 Å². The largest absolute Gasteiger partial charge is 0.370 e. The van der Waals surface area contributed by atoms with Crippen LogP contribution >= 0.6 is 0 Å². The van der Waals surface area contributed by atoms with Crippen molar-refractivity contribution in [3.05, 3.63) is 23.8 Å². The van der Waals surface area contributed by atoms with Gasteiger partial charge in [-0.2, -0.15) is 0 Å². The van der Waals surface area contributed by atoms with E-state index in [9.17, 15) is 0 Å². The molecule has 0 aromatic heterocycles. The topological polar surface area (TPSA) is 12.5 Å². The summed E-state index contributed by atoms with van der Waals surface area (Å²) in [7, 11) is 2.34. The lowest BCUT2D eigenvalue weighted by atomic mass is 9.69. The molecule has 0 N–H and O–H groups in total. The van der Waals surface area contributed by atoms with E-state index in [2.05, 4.69) is 44.0 Å². The number of likely N-dealkylation sites (tertiary alicyclic amines) is 1. The molecule has 5 unspecified atom stereocenters. The molecular weight excluding hydrogens is 282 g/mol. The van der Waals surface area contributed by atoms with Crippen LogP contribution in [0.3, 0.4) is 0 Å². The molecule has 128 valence electrons. The zero-order valence-electron chi connectivity index (χ0n) is 15.1. The van der Waals surface area contributed by atoms with Crippen molar-refractivity contribution in [2.45, 2.75) is 70.6 Å². The number of ether oxygens (including phenoxy) is 1. The first-order valence-electron chi connectivity index (χ1n) is 9.91. The Morgan fingerprint density at radius 3 is 2.70 bits per heavy atom. The maximum absolute atomic E-state index is 6.71. The predicted octanol–water partition coefficient (Wildman–Crippen LogP) is 4.42. The molecule has 0 bridgehead atoms. The van der Waals surface area contributed by atoms with Crippen molar-refractivity contribution in [2.75, 3.05) is 13.6 Å². The molecule has 23 heavy (non-hydrogen) atoms. The fourth-order valence-corrected chi connectivity index (χ4v) is 5.67. The molecule has 3 fully saturated rings. The minimum atomic E-state index is 0.349. The predicted molar refractivity (Wildman–Crippen MR) is 95.3 cm³/mol. The van der Waals surface area contributed by atoms with E-state index in [1.165, 1.54) is 50.6 Å². The van der Waals surface area contributed by atoms with Gasteiger partial charge in [0.05, 0.1) is 12.2 Å². The third-order valence-corrected chi connectivity index (χ3v) is 6.96. The van der Waals surface area contributed by atoms with Crippen molar-refractivity contribution in [3.8, 4) is 0 Å². The van der Waals surface area contributed by atoms with Gasteiger partial charge in [0.25, 0.3) is 0 Å². The van der Waals surface area contributed by atoms with Crippen LogP contribution in [-0.4, -0.2) is 36.7 Å². The molecule has 1 saturated carbocycles. The third-order valence-electron chi connectivity index (χ3n) is 6.96. The van der Waals surface area contributed by atoms with E-state index < -0.39 is 0 Å². The summed E-state index contributed by atoms with van der Waals surface area (Å²) in [4.78, 5) is 2.63. The van der Waals surface area contributed by atoms with Crippen molar-refractivity contribution < 1.29 is 4.74 Å². The highest BCUT2D eigenvalue weighted by Crippen LogP contribution is 2.49. The van der Waals surface area contributed by atoms with Crippen LogP contribution in [0.4, 0.5) is 0 Å². The highest BCUT2D eigenvalue weighted by atomic mass is 16.5. The number of nitrogens with zero attached hydrogens (tertiary/aromatic N) is 1. The summed E-state index contributed by atoms with van der Waals surface area (Å²) < 4.78 is 6.71. The molecule has 0 radical (unpaired) electrons. The number of fused-ring (bicyclic) bond motifs is 3. The quantitative estimate of drug-likeness (QED) is 0.748. The standard InChI is InChI=1S/C21H33NO/c1-14(2)15-10-11-16-17-7-6-8-18(21(17)23-20(16)13-15)19-9-4-5-12-22(19)3/h10-11,13-14,16-21H,4-9,12H2,1-3H3/t16?,17?,18?,19?,20-,21?/m1/s1. The van der Waals surface area contributed by atoms with Crippen LogP contribution in [0.25, 0.3) is 0 Å². The molecule has 2 heterocycles. The van der Waals surface area contributed by atoms with E-state index in [1.54, 1.807) is 0 Å². The molecule has 6 atom stereocenters. The second-order valence-corrected chi connectivity index (χ2v) is 8.63. The van der Waals surface area contributed by atoms with E-state index >= 15 is 0 Å². The van der Waals surface area contributed by atoms with Gasteiger partial charge in [-0.05, 0) is 56.7 Å². The summed E-state index contributed by atoms with van der Waals surface area (Å²) in [6, 6.07) is 0.759. The van der Waals surface area contributed by atoms with E-state index in [-0.39, 0.29) is 0 Å². The fourth-order valence-electron chi connectivity index (χ4n) is 5.67. The molecule has 2 aliphatic carbocycles. The van der Waals surface area contributed by atoms with Crippen molar-refractivity contribution in [3.63, 3.8) is 0 Å². The van der Waals surface area contributed by atoms with Crippen LogP contribution in [0.15, 0.2) is 23.8 Å². The zero-order chi connectivity index (χ0) is 16.0. The van der Waals surface area contributed by atoms with Gasteiger partial charge in [0.1, 0.15) is 0 Å². The Balaban J connectivity index is 1.55. The minimum absolute atomic E-state index is 0.349. The molecule has 0 aromatic carbocycles. The van der Waals surface area contributed by atoms with Gasteiger partial charge in [0.2, 0.25) is 0 Å². The molecule has 4 rings (SSSR count). The van der Waals surface area contributed by atoms with Crippen LogP contribution in [-0.2, 0) is 4.74 Å². The van der Waals surface area contributed by atoms with E-state index in [4.69, 9.17) is 4.74 Å². The maximum atomic E-state index is 6.71. The molecule has 0 amide bonds. The van der Waals surface area contributed by atoms with E-state index in [0.717, 1.165) is 17.9 Å². The molecule has 0 spiro atoms. The average molecular weight is 316 g/mol. The smallest absolute Gasteiger partial charge is 0.0831 e. The van der Waals surface area contributed by atoms with Gasteiger partial charge >= 0.3 is 0 Å². The Morgan fingerprint density at radius 1 is 1.09 bits per heavy atom. The first-order valence-corrected chi connectivity index (χ1v) is 9.91. The Hall–Kier alpha value is -0.600. The molecule has 2 aliphatic heterocycles. The lowest BCUT2D eigenvalue weighted by Gasteiger charge is -2.44. The third kappa shape index (κ3) is 2.82. The Kier molecular flexibility index (Phi) is 4.40. The summed E-state index contributed by atoms with van der Waals surface area (Å²) in [5, 5.41) is 0. The van der Waals surface area contributed by atoms with Gasteiger partial charge < -0.3 is 9.64 Å². The van der Waals surface area contributed by atoms with Gasteiger partial charge in [-0.1, -0.05) is 44.9 Å². The van der Waals surface area contributed by atoms with Crippen molar-refractivity contribution in [2.24, 2.45) is 23.7 Å². The summed E-state index contributed by atoms with van der Waals surface area (Å²) in [5.74, 6) is 2.77. The van der Waals surface area contributed by atoms with Crippen LogP contribution in [0.5, 0.6) is 0 Å². The lowest BCUT2D eigenvalue weighted by Crippen LogP contribution is -2.48. The molecule has 4 aliphatic rings. The Morgan fingerprint density at radius 2 is 1.91 bits per heavy atom. The second-order valence-electron chi connectivity index (χ2n) is 8.63. The van der Waals surface area contributed by atoms with Crippen molar-refractivity contribution in [1.82, 2.24) is 4.90 Å². The molecule has 2 saturated heterocycles. The summed E-state index contributed by atoms with van der Waals surface area (Å²) >= 11 is 0. The summed E-state index contributed by atoms with van der Waals surface area (Å²) in [6.45, 7) is 5.86. The number of hydrogen-bond acceptors (Lipinski definition) is 2. The Bertz CT molecular complexity index is 494. The fraction of sp³-hybridized carbons (Fsp3) is 0.810. The lowest BCUT2D eigenvalue weighted by molar-refractivity contribution is -0.0414. The normalized spacial score (nSPS) is 44.1. The van der Waals surface area contributed by atoms with Gasteiger partial charge in [0.15, 0.2) is 0 Å². The first-order chi connectivity index (χ1) is 11.1. The average Bonchev–Trinajstić information content (AvgIpc) is 2.93. The van der Waals surface area contributed by atoms with Crippen LogP contribution < -0.4 is 0 Å². The number of hydrogen-bond donors (Lipinski definition) is 0. The molecule has 2 nitrogen and oxygen atoms in total. The van der Waals surface area contributed by atoms with Gasteiger partial charge in [-0.3, -0.25) is 0 Å². The van der Waals surface area contributed by atoms with Crippen LogP contribution in [0, 0.1) is 23.7 Å². The van der Waals surface area contributed by atoms with E-state index in [1.807, 2.05) is 0 Å². The number of allylic oxidation sites excluding steroid dienone is 2. The van der Waals surface area contributed by atoms with Gasteiger partial charge in [-0.15, -0.1) is 0 Å². The number of rotatable bonds is 2. The maximum Gasteiger partial charge on any atom is 0.0831 e. The molecule has 0 aromatic rings. The SMILES string of the molecule is CC(C)C1=C[C@H]2OC3C(CCCC3C3CCCCN3C)C2C=C1. The van der Waals surface area contributed by atoms with Gasteiger partial charge in [0, 0.05) is 17.9 Å². The first kappa shape index (κ1) is 15.9.